The molecular formula is C14H20ClN3O. The average molecular weight is 282 g/mol. The number of hydrogen-bond acceptors (Lipinski definition) is 3. The zero-order valence-corrected chi connectivity index (χ0v) is 12.0. The fraction of sp³-hybridized carbons (Fsp3) is 0.571. The summed E-state index contributed by atoms with van der Waals surface area (Å²) in [6, 6.07) is 2.31. The quantitative estimate of drug-likeness (QED) is 0.901. The first-order chi connectivity index (χ1) is 9.18. The first kappa shape index (κ1) is 14.3. The number of hydrogen-bond donors (Lipinski definition) is 1. The Hall–Kier alpha value is -1.13. The summed E-state index contributed by atoms with van der Waals surface area (Å²) in [5, 5.41) is 3.33. The van der Waals surface area contributed by atoms with E-state index < -0.39 is 0 Å². The van der Waals surface area contributed by atoms with Gasteiger partial charge in [-0.05, 0) is 26.0 Å². The van der Waals surface area contributed by atoms with Gasteiger partial charge in [-0.1, -0.05) is 24.4 Å². The Morgan fingerprint density at radius 2 is 2.26 bits per heavy atom. The number of nitrogens with one attached hydrogen (secondary N) is 1. The van der Waals surface area contributed by atoms with Gasteiger partial charge in [0.1, 0.15) is 0 Å². The first-order valence-electron chi connectivity index (χ1n) is 6.76. The minimum Gasteiger partial charge on any atom is -0.351 e. The van der Waals surface area contributed by atoms with Crippen LogP contribution in [0.1, 0.15) is 36.0 Å². The van der Waals surface area contributed by atoms with Crippen molar-refractivity contribution in [3.8, 4) is 0 Å². The number of rotatable bonds is 5. The molecule has 104 valence electrons. The van der Waals surface area contributed by atoms with Gasteiger partial charge in [0.2, 0.25) is 0 Å². The molecule has 0 spiro atoms. The molecule has 1 amide bonds. The van der Waals surface area contributed by atoms with Crippen molar-refractivity contribution in [1.29, 1.82) is 0 Å². The van der Waals surface area contributed by atoms with Gasteiger partial charge in [-0.3, -0.25) is 9.78 Å². The summed E-state index contributed by atoms with van der Waals surface area (Å²) in [7, 11) is 2.12. The van der Waals surface area contributed by atoms with Crippen LogP contribution in [0.5, 0.6) is 0 Å². The number of likely N-dealkylation sites (N-methyl/N-ethyl adjacent to an activating group) is 1. The number of aromatic nitrogens is 1. The number of amides is 1. The van der Waals surface area contributed by atoms with E-state index in [9.17, 15) is 4.79 Å². The molecule has 1 aromatic rings. The molecule has 1 aromatic heterocycles. The maximum atomic E-state index is 11.9. The number of carbonyl (C=O) groups is 1. The van der Waals surface area contributed by atoms with E-state index in [0.29, 0.717) is 23.2 Å². The topological polar surface area (TPSA) is 45.2 Å². The van der Waals surface area contributed by atoms with Gasteiger partial charge in [0.25, 0.3) is 5.91 Å². The molecule has 4 nitrogen and oxygen atoms in total. The van der Waals surface area contributed by atoms with Crippen LogP contribution in [0.2, 0.25) is 5.02 Å². The molecule has 0 radical (unpaired) electrons. The Morgan fingerprint density at radius 3 is 2.95 bits per heavy atom. The maximum absolute atomic E-state index is 11.9. The zero-order chi connectivity index (χ0) is 13.7. The largest absolute Gasteiger partial charge is 0.351 e. The van der Waals surface area contributed by atoms with Crippen molar-refractivity contribution in [2.75, 3.05) is 20.1 Å². The van der Waals surface area contributed by atoms with E-state index in [1.807, 2.05) is 0 Å². The average Bonchev–Trinajstić information content (AvgIpc) is 2.93. The lowest BCUT2D eigenvalue weighted by atomic mass is 10.2. The van der Waals surface area contributed by atoms with Crippen LogP contribution in [0.4, 0.5) is 0 Å². The highest BCUT2D eigenvalue weighted by atomic mass is 35.5. The minimum absolute atomic E-state index is 0.155. The molecule has 1 aliphatic carbocycles. The second kappa shape index (κ2) is 6.87. The Labute approximate surface area is 119 Å². The molecule has 1 aliphatic rings. The zero-order valence-electron chi connectivity index (χ0n) is 11.2. The fourth-order valence-electron chi connectivity index (χ4n) is 2.51. The highest BCUT2D eigenvalue weighted by Crippen LogP contribution is 2.21. The number of halogens is 1. The SMILES string of the molecule is CN(CCNC(=O)c1cnccc1Cl)C1CCCC1. The monoisotopic (exact) mass is 281 g/mol. The Balaban J connectivity index is 1.76. The molecule has 19 heavy (non-hydrogen) atoms. The molecule has 0 unspecified atom stereocenters. The molecule has 0 aliphatic heterocycles. The van der Waals surface area contributed by atoms with Gasteiger partial charge >= 0.3 is 0 Å². The second-order valence-corrected chi connectivity index (χ2v) is 5.44. The van der Waals surface area contributed by atoms with Crippen LogP contribution in [-0.2, 0) is 0 Å². The lowest BCUT2D eigenvalue weighted by molar-refractivity contribution is 0.0947. The van der Waals surface area contributed by atoms with Crippen LogP contribution in [0.25, 0.3) is 0 Å². The van der Waals surface area contributed by atoms with E-state index in [-0.39, 0.29) is 5.91 Å². The first-order valence-corrected chi connectivity index (χ1v) is 7.14. The van der Waals surface area contributed by atoms with Crippen LogP contribution < -0.4 is 5.32 Å². The van der Waals surface area contributed by atoms with Gasteiger partial charge in [0.05, 0.1) is 10.6 Å². The Morgan fingerprint density at radius 1 is 1.53 bits per heavy atom. The molecule has 0 bridgehead atoms. The summed E-state index contributed by atoms with van der Waals surface area (Å²) in [4.78, 5) is 18.2. The van der Waals surface area contributed by atoms with E-state index >= 15 is 0 Å². The normalized spacial score (nSPS) is 15.9. The van der Waals surface area contributed by atoms with Crippen molar-refractivity contribution in [1.82, 2.24) is 15.2 Å². The molecule has 1 N–H and O–H groups in total. The lowest BCUT2D eigenvalue weighted by Crippen LogP contribution is -2.37. The lowest BCUT2D eigenvalue weighted by Gasteiger charge is -2.23. The van der Waals surface area contributed by atoms with E-state index in [1.165, 1.54) is 31.9 Å². The van der Waals surface area contributed by atoms with Gasteiger partial charge in [0.15, 0.2) is 0 Å². The Bertz CT molecular complexity index is 432. The van der Waals surface area contributed by atoms with Crippen LogP contribution in [0.15, 0.2) is 18.5 Å². The standard InChI is InChI=1S/C14H20ClN3O/c1-18(11-4-2-3-5-11)9-8-17-14(19)12-10-16-7-6-13(12)15/h6-7,10-11H,2-5,8-9H2,1H3,(H,17,19). The predicted octanol–water partition coefficient (Wildman–Crippen LogP) is 2.34. The summed E-state index contributed by atoms with van der Waals surface area (Å²) >= 11 is 5.95. The van der Waals surface area contributed by atoms with E-state index in [4.69, 9.17) is 11.6 Å². The van der Waals surface area contributed by atoms with E-state index in [1.54, 1.807) is 12.3 Å². The molecule has 0 saturated heterocycles. The third-order valence-electron chi connectivity index (χ3n) is 3.71. The molecule has 1 saturated carbocycles. The van der Waals surface area contributed by atoms with Crippen molar-refractivity contribution in [2.24, 2.45) is 0 Å². The van der Waals surface area contributed by atoms with Crippen LogP contribution in [-0.4, -0.2) is 42.0 Å². The van der Waals surface area contributed by atoms with E-state index in [2.05, 4.69) is 22.2 Å². The van der Waals surface area contributed by atoms with Crippen LogP contribution in [0.3, 0.4) is 0 Å². The molecule has 1 fully saturated rings. The minimum atomic E-state index is -0.155. The van der Waals surface area contributed by atoms with Crippen LogP contribution in [0, 0.1) is 0 Å². The number of pyridine rings is 1. The highest BCUT2D eigenvalue weighted by molar-refractivity contribution is 6.33. The highest BCUT2D eigenvalue weighted by Gasteiger charge is 2.19. The second-order valence-electron chi connectivity index (χ2n) is 5.03. The maximum Gasteiger partial charge on any atom is 0.254 e. The Kier molecular flexibility index (Phi) is 5.16. The van der Waals surface area contributed by atoms with Gasteiger partial charge < -0.3 is 10.2 Å². The van der Waals surface area contributed by atoms with Crippen molar-refractivity contribution >= 4 is 17.5 Å². The molecule has 2 rings (SSSR count). The van der Waals surface area contributed by atoms with Crippen molar-refractivity contribution < 1.29 is 4.79 Å². The number of carbonyl (C=O) groups excluding carboxylic acids is 1. The third kappa shape index (κ3) is 3.91. The summed E-state index contributed by atoms with van der Waals surface area (Å²) in [6.45, 7) is 1.51. The van der Waals surface area contributed by atoms with Crippen molar-refractivity contribution in [2.45, 2.75) is 31.7 Å². The summed E-state index contributed by atoms with van der Waals surface area (Å²) in [6.07, 6.45) is 8.28. The van der Waals surface area contributed by atoms with Gasteiger partial charge in [-0.15, -0.1) is 0 Å². The molecule has 0 atom stereocenters. The molecular weight excluding hydrogens is 262 g/mol. The molecule has 5 heteroatoms. The summed E-state index contributed by atoms with van der Waals surface area (Å²) < 4.78 is 0. The smallest absolute Gasteiger partial charge is 0.254 e. The fourth-order valence-corrected chi connectivity index (χ4v) is 2.70. The van der Waals surface area contributed by atoms with Crippen molar-refractivity contribution in [3.05, 3.63) is 29.0 Å². The summed E-state index contributed by atoms with van der Waals surface area (Å²) in [5.74, 6) is -0.155. The molecule has 1 heterocycles. The molecule has 0 aromatic carbocycles. The number of nitrogens with zero attached hydrogens (tertiary/aromatic N) is 2. The van der Waals surface area contributed by atoms with Gasteiger partial charge in [0, 0.05) is 31.5 Å². The van der Waals surface area contributed by atoms with E-state index in [0.717, 1.165) is 6.54 Å². The summed E-state index contributed by atoms with van der Waals surface area (Å²) in [5.41, 5.74) is 0.438. The third-order valence-corrected chi connectivity index (χ3v) is 4.04. The predicted molar refractivity (Wildman–Crippen MR) is 76.5 cm³/mol. The van der Waals surface area contributed by atoms with Crippen LogP contribution >= 0.6 is 11.6 Å². The van der Waals surface area contributed by atoms with Gasteiger partial charge in [-0.25, -0.2) is 0 Å². The van der Waals surface area contributed by atoms with Gasteiger partial charge in [-0.2, -0.15) is 0 Å². The van der Waals surface area contributed by atoms with Crippen molar-refractivity contribution in [3.63, 3.8) is 0 Å².